The van der Waals surface area contributed by atoms with Crippen molar-refractivity contribution in [2.75, 3.05) is 56.6 Å². The summed E-state index contributed by atoms with van der Waals surface area (Å²) in [7, 11) is -0.632. The van der Waals surface area contributed by atoms with E-state index in [-0.39, 0.29) is 17.4 Å². The highest BCUT2D eigenvalue weighted by Crippen LogP contribution is 2.23. The molecule has 9 nitrogen and oxygen atoms in total. The maximum atomic E-state index is 12.7. The van der Waals surface area contributed by atoms with Gasteiger partial charge in [0.1, 0.15) is 17.2 Å². The highest BCUT2D eigenvalue weighted by molar-refractivity contribution is 7.92. The van der Waals surface area contributed by atoms with Gasteiger partial charge in [0, 0.05) is 37.9 Å². The minimum absolute atomic E-state index is 0.0821. The molecule has 3 aromatic carbocycles. The van der Waals surface area contributed by atoms with E-state index in [4.69, 9.17) is 14.2 Å². The van der Waals surface area contributed by atoms with Crippen molar-refractivity contribution in [3.8, 4) is 17.2 Å². The maximum Gasteiger partial charge on any atom is 0.261 e. The average Bonchev–Trinajstić information content (AvgIpc) is 2.92. The Hall–Kier alpha value is -3.92. The fourth-order valence-electron chi connectivity index (χ4n) is 3.86. The number of nitrogens with one attached hydrogen (secondary N) is 1. The number of benzene rings is 3. The van der Waals surface area contributed by atoms with E-state index in [1.165, 1.54) is 31.4 Å². The molecule has 1 heterocycles. The van der Waals surface area contributed by atoms with Gasteiger partial charge in [0.2, 0.25) is 0 Å². The molecule has 0 aromatic heterocycles. The van der Waals surface area contributed by atoms with Crippen molar-refractivity contribution in [1.82, 2.24) is 4.90 Å². The van der Waals surface area contributed by atoms with Crippen LogP contribution in [0.15, 0.2) is 77.7 Å². The van der Waals surface area contributed by atoms with Crippen LogP contribution in [0.4, 0.5) is 11.4 Å². The molecule has 1 fully saturated rings. The van der Waals surface area contributed by atoms with Crippen LogP contribution in [0.25, 0.3) is 0 Å². The fraction of sp³-hybridized carbons (Fsp3) is 0.269. The van der Waals surface area contributed by atoms with Crippen LogP contribution in [0.5, 0.6) is 17.2 Å². The first-order valence-electron chi connectivity index (χ1n) is 11.4. The molecule has 0 aliphatic carbocycles. The number of piperazine rings is 1. The van der Waals surface area contributed by atoms with Crippen molar-refractivity contribution in [3.63, 3.8) is 0 Å². The highest BCUT2D eigenvalue weighted by atomic mass is 32.2. The van der Waals surface area contributed by atoms with Crippen LogP contribution in [-0.2, 0) is 14.8 Å². The summed E-state index contributed by atoms with van der Waals surface area (Å²) in [5, 5.41) is 0. The lowest BCUT2D eigenvalue weighted by Gasteiger charge is -2.36. The molecule has 0 saturated carbocycles. The average molecular weight is 512 g/mol. The van der Waals surface area contributed by atoms with E-state index in [0.717, 1.165) is 24.5 Å². The van der Waals surface area contributed by atoms with E-state index < -0.39 is 10.0 Å². The number of anilines is 2. The summed E-state index contributed by atoms with van der Waals surface area (Å²) in [6.45, 7) is 2.54. The molecular formula is C26H29N3O6S. The predicted molar refractivity (Wildman–Crippen MR) is 138 cm³/mol. The molecule has 1 aliphatic heterocycles. The van der Waals surface area contributed by atoms with Gasteiger partial charge in [-0.25, -0.2) is 8.42 Å². The summed E-state index contributed by atoms with van der Waals surface area (Å²) in [6.07, 6.45) is 0. The zero-order chi connectivity index (χ0) is 25.5. The van der Waals surface area contributed by atoms with Crippen LogP contribution >= 0.6 is 0 Å². The van der Waals surface area contributed by atoms with Crippen molar-refractivity contribution in [2.24, 2.45) is 0 Å². The Morgan fingerprint density at radius 1 is 0.833 bits per heavy atom. The van der Waals surface area contributed by atoms with Crippen molar-refractivity contribution < 1.29 is 27.4 Å². The summed E-state index contributed by atoms with van der Waals surface area (Å²) in [5.74, 6) is 1.66. The molecule has 0 atom stereocenters. The van der Waals surface area contributed by atoms with Gasteiger partial charge in [0.25, 0.3) is 15.9 Å². The van der Waals surface area contributed by atoms with Gasteiger partial charge in [0.15, 0.2) is 6.61 Å². The lowest BCUT2D eigenvalue weighted by Crippen LogP contribution is -2.50. The number of carbonyl (C=O) groups excluding carboxylic acids is 1. The summed E-state index contributed by atoms with van der Waals surface area (Å²) in [6, 6.07) is 20.5. The van der Waals surface area contributed by atoms with E-state index in [0.29, 0.717) is 30.3 Å². The van der Waals surface area contributed by atoms with Crippen LogP contribution in [0, 0.1) is 0 Å². The second-order valence-corrected chi connectivity index (χ2v) is 9.85. The van der Waals surface area contributed by atoms with E-state index in [1.54, 1.807) is 36.3 Å². The zero-order valence-electron chi connectivity index (χ0n) is 20.2. The third kappa shape index (κ3) is 6.19. The van der Waals surface area contributed by atoms with Gasteiger partial charge in [-0.2, -0.15) is 0 Å². The molecular weight excluding hydrogens is 482 g/mol. The van der Waals surface area contributed by atoms with Gasteiger partial charge >= 0.3 is 0 Å². The van der Waals surface area contributed by atoms with Crippen molar-refractivity contribution in [3.05, 3.63) is 72.8 Å². The van der Waals surface area contributed by atoms with Crippen LogP contribution in [-0.4, -0.2) is 66.2 Å². The Labute approximate surface area is 211 Å². The Morgan fingerprint density at radius 2 is 1.47 bits per heavy atom. The monoisotopic (exact) mass is 511 g/mol. The standard InChI is InChI=1S/C26H29N3O6S/c1-33-22-8-6-21(7-9-22)28-14-16-29(17-15-28)26(30)19-35-23-10-12-25(13-11-23)36(31,32)27-20-4-3-5-24(18-20)34-2/h3-13,18,27H,14-17,19H2,1-2H3. The third-order valence-corrected chi connectivity index (χ3v) is 7.29. The summed E-state index contributed by atoms with van der Waals surface area (Å²) >= 11 is 0. The van der Waals surface area contributed by atoms with E-state index in [9.17, 15) is 13.2 Å². The first-order chi connectivity index (χ1) is 17.4. The number of ether oxygens (including phenoxy) is 3. The number of carbonyl (C=O) groups is 1. The number of methoxy groups -OCH3 is 2. The molecule has 1 aliphatic rings. The second-order valence-electron chi connectivity index (χ2n) is 8.16. The minimum Gasteiger partial charge on any atom is -0.497 e. The first-order valence-corrected chi connectivity index (χ1v) is 12.9. The molecule has 0 unspecified atom stereocenters. The van der Waals surface area contributed by atoms with Crippen molar-refractivity contribution in [2.45, 2.75) is 4.90 Å². The number of hydrogen-bond donors (Lipinski definition) is 1. The topological polar surface area (TPSA) is 97.4 Å². The molecule has 3 aromatic rings. The van der Waals surface area contributed by atoms with Crippen LogP contribution < -0.4 is 23.8 Å². The number of sulfonamides is 1. The van der Waals surface area contributed by atoms with Gasteiger partial charge < -0.3 is 24.0 Å². The number of amides is 1. The van der Waals surface area contributed by atoms with Crippen LogP contribution in [0.2, 0.25) is 0 Å². The summed E-state index contributed by atoms with van der Waals surface area (Å²) < 4.78 is 43.8. The summed E-state index contributed by atoms with van der Waals surface area (Å²) in [4.78, 5) is 16.7. The molecule has 4 rings (SSSR count). The first kappa shape index (κ1) is 25.2. The molecule has 1 amide bonds. The lowest BCUT2D eigenvalue weighted by atomic mass is 10.2. The molecule has 0 radical (unpaired) electrons. The predicted octanol–water partition coefficient (Wildman–Crippen LogP) is 3.23. The summed E-state index contributed by atoms with van der Waals surface area (Å²) in [5.41, 5.74) is 1.49. The van der Waals surface area contributed by atoms with E-state index >= 15 is 0 Å². The third-order valence-electron chi connectivity index (χ3n) is 5.89. The molecule has 36 heavy (non-hydrogen) atoms. The molecule has 1 N–H and O–H groups in total. The van der Waals surface area contributed by atoms with Crippen LogP contribution in [0.3, 0.4) is 0 Å². The SMILES string of the molecule is COc1ccc(N2CCN(C(=O)COc3ccc(S(=O)(=O)Nc4cccc(OC)c4)cc3)CC2)cc1. The van der Waals surface area contributed by atoms with Crippen molar-refractivity contribution in [1.29, 1.82) is 0 Å². The van der Waals surface area contributed by atoms with Gasteiger partial charge in [-0.1, -0.05) is 6.07 Å². The van der Waals surface area contributed by atoms with E-state index in [1.807, 2.05) is 24.3 Å². The Morgan fingerprint density at radius 3 is 2.11 bits per heavy atom. The van der Waals surface area contributed by atoms with Gasteiger partial charge in [-0.15, -0.1) is 0 Å². The molecule has 1 saturated heterocycles. The maximum absolute atomic E-state index is 12.7. The van der Waals surface area contributed by atoms with Gasteiger partial charge in [-0.3, -0.25) is 9.52 Å². The molecule has 0 spiro atoms. The quantitative estimate of drug-likeness (QED) is 0.471. The van der Waals surface area contributed by atoms with Gasteiger partial charge in [0.05, 0.1) is 24.8 Å². The Balaban J connectivity index is 1.27. The smallest absolute Gasteiger partial charge is 0.261 e. The normalized spacial score (nSPS) is 13.7. The number of nitrogens with zero attached hydrogens (tertiary/aromatic N) is 2. The molecule has 190 valence electrons. The van der Waals surface area contributed by atoms with E-state index in [2.05, 4.69) is 9.62 Å². The molecule has 10 heteroatoms. The molecule has 0 bridgehead atoms. The Kier molecular flexibility index (Phi) is 7.84. The largest absolute Gasteiger partial charge is 0.497 e. The van der Waals surface area contributed by atoms with Crippen molar-refractivity contribution >= 4 is 27.3 Å². The highest BCUT2D eigenvalue weighted by Gasteiger charge is 2.22. The second kappa shape index (κ2) is 11.2. The zero-order valence-corrected chi connectivity index (χ0v) is 21.0. The lowest BCUT2D eigenvalue weighted by molar-refractivity contribution is -0.133. The Bertz CT molecular complexity index is 1270. The van der Waals surface area contributed by atoms with Crippen LogP contribution in [0.1, 0.15) is 0 Å². The minimum atomic E-state index is -3.78. The van der Waals surface area contributed by atoms with Gasteiger partial charge in [-0.05, 0) is 60.7 Å². The fourth-order valence-corrected chi connectivity index (χ4v) is 4.91. The number of hydrogen-bond acceptors (Lipinski definition) is 7. The number of rotatable bonds is 9.